The summed E-state index contributed by atoms with van der Waals surface area (Å²) in [5, 5.41) is 23.7. The van der Waals surface area contributed by atoms with E-state index in [1.54, 1.807) is 0 Å². The molecule has 0 radical (unpaired) electrons. The lowest BCUT2D eigenvalue weighted by Crippen LogP contribution is -2.16. The second-order valence-electron chi connectivity index (χ2n) is 3.90. The van der Waals surface area contributed by atoms with E-state index in [9.17, 15) is 20.0 Å². The summed E-state index contributed by atoms with van der Waals surface area (Å²) >= 11 is 0. The van der Waals surface area contributed by atoms with Crippen LogP contribution in [0.2, 0.25) is 0 Å². The van der Waals surface area contributed by atoms with Gasteiger partial charge in [0.25, 0.3) is 5.69 Å². The fraction of sp³-hybridized carbons (Fsp3) is 0.333. The molecule has 19 heavy (non-hydrogen) atoms. The van der Waals surface area contributed by atoms with E-state index in [1.807, 2.05) is 6.92 Å². The highest BCUT2D eigenvalue weighted by atomic mass is 16.6. The van der Waals surface area contributed by atoms with Gasteiger partial charge in [0.2, 0.25) is 5.91 Å². The Balaban J connectivity index is 2.68. The van der Waals surface area contributed by atoms with Gasteiger partial charge in [-0.1, -0.05) is 13.3 Å². The zero-order valence-corrected chi connectivity index (χ0v) is 10.5. The Labute approximate surface area is 110 Å². The zero-order valence-electron chi connectivity index (χ0n) is 10.5. The number of unbranched alkanes of at least 4 members (excludes halogenated alkanes) is 1. The Morgan fingerprint density at radius 1 is 1.58 bits per heavy atom. The quantitative estimate of drug-likeness (QED) is 0.465. The predicted molar refractivity (Wildman–Crippen MR) is 70.0 cm³/mol. The van der Waals surface area contributed by atoms with Crippen LogP contribution >= 0.6 is 0 Å². The molecule has 1 aromatic rings. The molecular weight excluding hydrogens is 250 g/mol. The number of aromatic hydroxyl groups is 1. The van der Waals surface area contributed by atoms with E-state index in [1.165, 1.54) is 24.4 Å². The number of phenolic OH excluding ortho intramolecular Hbond substituents is 1. The number of non-ortho nitro benzene ring substituents is 1. The predicted octanol–water partition coefficient (Wildman–Crippen LogP) is 1.94. The van der Waals surface area contributed by atoms with E-state index >= 15 is 0 Å². The van der Waals surface area contributed by atoms with Gasteiger partial charge in [0, 0.05) is 24.1 Å². The molecule has 0 saturated heterocycles. The molecule has 0 aliphatic rings. The Hall–Kier alpha value is -2.44. The third-order valence-electron chi connectivity index (χ3n) is 2.37. The van der Waals surface area contributed by atoms with Gasteiger partial charge in [0.1, 0.15) is 5.75 Å². The van der Waals surface area contributed by atoms with Crippen molar-refractivity contribution in [1.29, 1.82) is 0 Å². The summed E-state index contributed by atoms with van der Waals surface area (Å²) in [6.45, 7) is 1.97. The molecule has 1 rings (SSSR count). The van der Waals surface area contributed by atoms with Crippen molar-refractivity contribution >= 4 is 17.8 Å². The van der Waals surface area contributed by atoms with Gasteiger partial charge in [0.15, 0.2) is 0 Å². The maximum atomic E-state index is 11.3. The fourth-order valence-corrected chi connectivity index (χ4v) is 1.33. The third kappa shape index (κ3) is 4.74. The molecule has 0 unspecified atom stereocenters. The average molecular weight is 265 g/mol. The van der Waals surface area contributed by atoms with Gasteiger partial charge in [-0.25, -0.2) is 5.43 Å². The van der Waals surface area contributed by atoms with Gasteiger partial charge in [-0.05, 0) is 12.5 Å². The number of nitrogens with one attached hydrogen (secondary N) is 1. The zero-order chi connectivity index (χ0) is 14.3. The summed E-state index contributed by atoms with van der Waals surface area (Å²) in [4.78, 5) is 21.3. The van der Waals surface area contributed by atoms with E-state index in [0.29, 0.717) is 6.42 Å². The molecule has 0 aliphatic heterocycles. The Morgan fingerprint density at radius 2 is 2.32 bits per heavy atom. The first-order valence-corrected chi connectivity index (χ1v) is 5.84. The molecule has 0 fully saturated rings. The molecule has 102 valence electrons. The largest absolute Gasteiger partial charge is 0.507 e. The minimum Gasteiger partial charge on any atom is -0.507 e. The average Bonchev–Trinajstić information content (AvgIpc) is 2.38. The SMILES string of the molecule is CCCCC(=O)N/N=C/c1cc([N+](=O)[O-])ccc1O. The molecule has 1 aromatic carbocycles. The Morgan fingerprint density at radius 3 is 2.95 bits per heavy atom. The van der Waals surface area contributed by atoms with Crippen LogP contribution in [0.5, 0.6) is 5.75 Å². The lowest BCUT2D eigenvalue weighted by atomic mass is 10.2. The first-order chi connectivity index (χ1) is 9.04. The second kappa shape index (κ2) is 7.10. The normalized spacial score (nSPS) is 10.6. The lowest BCUT2D eigenvalue weighted by Gasteiger charge is -2.00. The number of nitro benzene ring substituents is 1. The molecule has 0 spiro atoms. The summed E-state index contributed by atoms with van der Waals surface area (Å²) in [5.41, 5.74) is 2.31. The molecule has 1 amide bonds. The number of nitrogens with zero attached hydrogens (tertiary/aromatic N) is 2. The number of carbonyl (C=O) groups is 1. The first-order valence-electron chi connectivity index (χ1n) is 5.84. The van der Waals surface area contributed by atoms with Gasteiger partial charge < -0.3 is 5.11 Å². The number of hydrazone groups is 1. The molecule has 7 heteroatoms. The maximum absolute atomic E-state index is 11.3. The van der Waals surface area contributed by atoms with E-state index in [2.05, 4.69) is 10.5 Å². The minimum absolute atomic E-state index is 0.142. The van der Waals surface area contributed by atoms with Crippen molar-refractivity contribution in [3.05, 3.63) is 33.9 Å². The van der Waals surface area contributed by atoms with Crippen LogP contribution in [0.4, 0.5) is 5.69 Å². The van der Waals surface area contributed by atoms with E-state index in [4.69, 9.17) is 0 Å². The maximum Gasteiger partial charge on any atom is 0.270 e. The van der Waals surface area contributed by atoms with Crippen molar-refractivity contribution in [2.75, 3.05) is 0 Å². The highest BCUT2D eigenvalue weighted by molar-refractivity contribution is 5.85. The molecule has 7 nitrogen and oxygen atoms in total. The highest BCUT2D eigenvalue weighted by Gasteiger charge is 2.08. The Kier molecular flexibility index (Phi) is 5.46. The van der Waals surface area contributed by atoms with Gasteiger partial charge in [-0.3, -0.25) is 14.9 Å². The van der Waals surface area contributed by atoms with Crippen LogP contribution in [0.15, 0.2) is 23.3 Å². The molecule has 0 heterocycles. The van der Waals surface area contributed by atoms with E-state index < -0.39 is 4.92 Å². The number of benzene rings is 1. The van der Waals surface area contributed by atoms with E-state index in [-0.39, 0.29) is 22.9 Å². The molecule has 2 N–H and O–H groups in total. The summed E-state index contributed by atoms with van der Waals surface area (Å²) < 4.78 is 0. The topological polar surface area (TPSA) is 105 Å². The summed E-state index contributed by atoms with van der Waals surface area (Å²) in [6, 6.07) is 3.57. The summed E-state index contributed by atoms with van der Waals surface area (Å²) in [5.74, 6) is -0.375. The molecule has 0 atom stereocenters. The van der Waals surface area contributed by atoms with Gasteiger partial charge in [0.05, 0.1) is 11.1 Å². The van der Waals surface area contributed by atoms with E-state index in [0.717, 1.165) is 12.8 Å². The summed E-state index contributed by atoms with van der Waals surface area (Å²) in [6.07, 6.45) is 3.22. The van der Waals surface area contributed by atoms with Crippen molar-refractivity contribution in [1.82, 2.24) is 5.43 Å². The molecule has 0 aromatic heterocycles. The van der Waals surface area contributed by atoms with Gasteiger partial charge in [-0.2, -0.15) is 5.10 Å². The van der Waals surface area contributed by atoms with Crippen LogP contribution in [-0.4, -0.2) is 22.2 Å². The standard InChI is InChI=1S/C12H15N3O4/c1-2-3-4-12(17)14-13-8-9-7-10(15(18)19)5-6-11(9)16/h5-8,16H,2-4H2,1H3,(H,14,17)/b13-8+. The number of phenols is 1. The lowest BCUT2D eigenvalue weighted by molar-refractivity contribution is -0.384. The molecule has 0 aliphatic carbocycles. The van der Waals surface area contributed by atoms with Crippen LogP contribution in [0, 0.1) is 10.1 Å². The van der Waals surface area contributed by atoms with Gasteiger partial charge in [-0.15, -0.1) is 0 Å². The van der Waals surface area contributed by atoms with Crippen LogP contribution < -0.4 is 5.43 Å². The second-order valence-corrected chi connectivity index (χ2v) is 3.90. The Bertz CT molecular complexity index is 500. The number of hydrogen-bond donors (Lipinski definition) is 2. The van der Waals surface area contributed by atoms with Crippen molar-refractivity contribution < 1.29 is 14.8 Å². The van der Waals surface area contributed by atoms with Crippen molar-refractivity contribution in [3.63, 3.8) is 0 Å². The number of hydrogen-bond acceptors (Lipinski definition) is 5. The van der Waals surface area contributed by atoms with Crippen molar-refractivity contribution in [3.8, 4) is 5.75 Å². The molecule has 0 bridgehead atoms. The summed E-state index contributed by atoms with van der Waals surface area (Å²) in [7, 11) is 0. The third-order valence-corrected chi connectivity index (χ3v) is 2.37. The van der Waals surface area contributed by atoms with Crippen LogP contribution in [0.1, 0.15) is 31.7 Å². The number of rotatable bonds is 6. The van der Waals surface area contributed by atoms with Crippen molar-refractivity contribution in [2.45, 2.75) is 26.2 Å². The van der Waals surface area contributed by atoms with Crippen LogP contribution in [0.25, 0.3) is 0 Å². The number of carbonyl (C=O) groups excluding carboxylic acids is 1. The highest BCUT2D eigenvalue weighted by Crippen LogP contribution is 2.21. The van der Waals surface area contributed by atoms with Crippen LogP contribution in [-0.2, 0) is 4.79 Å². The van der Waals surface area contributed by atoms with Crippen molar-refractivity contribution in [2.24, 2.45) is 5.10 Å². The first kappa shape index (κ1) is 14.6. The van der Waals surface area contributed by atoms with Gasteiger partial charge >= 0.3 is 0 Å². The number of nitro groups is 1. The number of amides is 1. The smallest absolute Gasteiger partial charge is 0.270 e. The van der Waals surface area contributed by atoms with Crippen LogP contribution in [0.3, 0.4) is 0 Å². The fourth-order valence-electron chi connectivity index (χ4n) is 1.33. The molecule has 0 saturated carbocycles. The molecular formula is C12H15N3O4. The monoisotopic (exact) mass is 265 g/mol. The minimum atomic E-state index is -0.573.